The number of hydrogen-bond donors (Lipinski definition) is 0. The fraction of sp³-hybridized carbons (Fsp3) is 0.900. The predicted molar refractivity (Wildman–Crippen MR) is 45.9 cm³/mol. The van der Waals surface area contributed by atoms with E-state index in [1.807, 2.05) is 0 Å². The van der Waals surface area contributed by atoms with Gasteiger partial charge in [-0.05, 0) is 37.5 Å². The standard InChI is InChI=1S/C10H14F2O2/c1-10(11,12)9(13)14-8-5-6-2-3-7(8)4-6/h6-8H,2-5H2,1H3. The van der Waals surface area contributed by atoms with Crippen molar-refractivity contribution in [2.75, 3.05) is 0 Å². The van der Waals surface area contributed by atoms with Crippen molar-refractivity contribution in [3.63, 3.8) is 0 Å². The van der Waals surface area contributed by atoms with E-state index in [-0.39, 0.29) is 6.10 Å². The molecule has 0 saturated heterocycles. The van der Waals surface area contributed by atoms with E-state index in [9.17, 15) is 13.6 Å². The van der Waals surface area contributed by atoms with Gasteiger partial charge in [-0.3, -0.25) is 0 Å². The molecule has 2 aliphatic rings. The fourth-order valence-electron chi connectivity index (χ4n) is 2.57. The Morgan fingerprint density at radius 3 is 2.50 bits per heavy atom. The number of rotatable bonds is 2. The fourth-order valence-corrected chi connectivity index (χ4v) is 2.57. The minimum Gasteiger partial charge on any atom is -0.458 e. The number of carbonyl (C=O) groups is 1. The number of alkyl halides is 2. The van der Waals surface area contributed by atoms with E-state index in [1.165, 1.54) is 6.42 Å². The molecule has 14 heavy (non-hydrogen) atoms. The van der Waals surface area contributed by atoms with Gasteiger partial charge >= 0.3 is 11.9 Å². The van der Waals surface area contributed by atoms with Gasteiger partial charge in [-0.15, -0.1) is 0 Å². The monoisotopic (exact) mass is 204 g/mol. The number of fused-ring (bicyclic) bond motifs is 2. The van der Waals surface area contributed by atoms with Crippen molar-refractivity contribution >= 4 is 5.97 Å². The minimum atomic E-state index is -3.35. The summed E-state index contributed by atoms with van der Waals surface area (Å²) < 4.78 is 29.9. The van der Waals surface area contributed by atoms with Crippen LogP contribution in [0.4, 0.5) is 8.78 Å². The molecule has 0 aromatic rings. The summed E-state index contributed by atoms with van der Waals surface area (Å²) in [6.07, 6.45) is 3.78. The van der Waals surface area contributed by atoms with Crippen molar-refractivity contribution < 1.29 is 18.3 Å². The van der Waals surface area contributed by atoms with Gasteiger partial charge in [-0.1, -0.05) is 0 Å². The Balaban J connectivity index is 1.90. The average Bonchev–Trinajstić information content (AvgIpc) is 2.62. The second-order valence-corrected chi connectivity index (χ2v) is 4.51. The van der Waals surface area contributed by atoms with Crippen LogP contribution in [-0.2, 0) is 9.53 Å². The zero-order valence-electron chi connectivity index (χ0n) is 8.13. The molecule has 0 N–H and O–H groups in total. The van der Waals surface area contributed by atoms with Gasteiger partial charge in [0.1, 0.15) is 6.10 Å². The Morgan fingerprint density at radius 1 is 1.36 bits per heavy atom. The number of carbonyl (C=O) groups excluding carboxylic acids is 1. The van der Waals surface area contributed by atoms with Gasteiger partial charge in [0.2, 0.25) is 0 Å². The van der Waals surface area contributed by atoms with E-state index < -0.39 is 11.9 Å². The van der Waals surface area contributed by atoms with Gasteiger partial charge in [-0.2, -0.15) is 8.78 Å². The Morgan fingerprint density at radius 2 is 2.07 bits per heavy atom. The number of halogens is 2. The highest BCUT2D eigenvalue weighted by atomic mass is 19.3. The molecule has 2 bridgehead atoms. The van der Waals surface area contributed by atoms with Crippen molar-refractivity contribution in [3.8, 4) is 0 Å². The number of esters is 1. The van der Waals surface area contributed by atoms with E-state index >= 15 is 0 Å². The molecule has 0 aromatic carbocycles. The van der Waals surface area contributed by atoms with Gasteiger partial charge in [-0.25, -0.2) is 4.79 Å². The summed E-state index contributed by atoms with van der Waals surface area (Å²) in [6.45, 7) is 0.586. The molecule has 2 fully saturated rings. The van der Waals surface area contributed by atoms with Crippen LogP contribution in [-0.4, -0.2) is 18.0 Å². The summed E-state index contributed by atoms with van der Waals surface area (Å²) in [7, 11) is 0. The third-order valence-corrected chi connectivity index (χ3v) is 3.29. The maximum Gasteiger partial charge on any atom is 0.376 e. The van der Waals surface area contributed by atoms with Crippen molar-refractivity contribution in [2.45, 2.75) is 44.6 Å². The van der Waals surface area contributed by atoms with Crippen molar-refractivity contribution in [3.05, 3.63) is 0 Å². The SMILES string of the molecule is CC(F)(F)C(=O)OC1CC2CCC1C2. The zero-order valence-corrected chi connectivity index (χ0v) is 8.13. The van der Waals surface area contributed by atoms with Crippen molar-refractivity contribution in [1.29, 1.82) is 0 Å². The van der Waals surface area contributed by atoms with E-state index in [0.717, 1.165) is 19.3 Å². The minimum absolute atomic E-state index is 0.243. The Hall–Kier alpha value is -0.670. The van der Waals surface area contributed by atoms with Crippen LogP contribution < -0.4 is 0 Å². The van der Waals surface area contributed by atoms with Gasteiger partial charge in [0.25, 0.3) is 0 Å². The van der Waals surface area contributed by atoms with Crippen LogP contribution >= 0.6 is 0 Å². The van der Waals surface area contributed by atoms with Crippen LogP contribution in [0.2, 0.25) is 0 Å². The summed E-state index contributed by atoms with van der Waals surface area (Å²) in [4.78, 5) is 10.9. The Labute approximate surface area is 81.6 Å². The van der Waals surface area contributed by atoms with E-state index in [1.54, 1.807) is 0 Å². The first kappa shape index (κ1) is 9.87. The lowest BCUT2D eigenvalue weighted by Crippen LogP contribution is -2.33. The van der Waals surface area contributed by atoms with Crippen LogP contribution in [0.15, 0.2) is 0 Å². The van der Waals surface area contributed by atoms with Crippen LogP contribution in [0.3, 0.4) is 0 Å². The molecule has 2 saturated carbocycles. The molecule has 0 amide bonds. The highest BCUT2D eigenvalue weighted by Gasteiger charge is 2.44. The third kappa shape index (κ3) is 1.74. The second kappa shape index (κ2) is 3.17. The van der Waals surface area contributed by atoms with E-state index in [4.69, 9.17) is 4.74 Å². The first-order chi connectivity index (χ1) is 6.47. The maximum atomic E-state index is 12.5. The zero-order chi connectivity index (χ0) is 10.3. The van der Waals surface area contributed by atoms with Gasteiger partial charge in [0.15, 0.2) is 0 Å². The van der Waals surface area contributed by atoms with Gasteiger partial charge in [0, 0.05) is 6.92 Å². The normalized spacial score (nSPS) is 36.1. The summed E-state index contributed by atoms with van der Waals surface area (Å²) in [6, 6.07) is 0. The molecule has 3 atom stereocenters. The van der Waals surface area contributed by atoms with Crippen LogP contribution in [0.1, 0.15) is 32.6 Å². The predicted octanol–water partition coefficient (Wildman–Crippen LogP) is 2.37. The summed E-state index contributed by atoms with van der Waals surface area (Å²) in [5, 5.41) is 0. The highest BCUT2D eigenvalue weighted by molar-refractivity contribution is 5.77. The van der Waals surface area contributed by atoms with Crippen LogP contribution in [0.5, 0.6) is 0 Å². The van der Waals surface area contributed by atoms with Crippen molar-refractivity contribution in [2.24, 2.45) is 11.8 Å². The third-order valence-electron chi connectivity index (χ3n) is 3.29. The molecule has 4 heteroatoms. The largest absolute Gasteiger partial charge is 0.458 e. The first-order valence-corrected chi connectivity index (χ1v) is 5.05. The first-order valence-electron chi connectivity index (χ1n) is 5.05. The topological polar surface area (TPSA) is 26.3 Å². The molecule has 0 aliphatic heterocycles. The molecular weight excluding hydrogens is 190 g/mol. The van der Waals surface area contributed by atoms with Crippen LogP contribution in [0.25, 0.3) is 0 Å². The lowest BCUT2D eigenvalue weighted by Gasteiger charge is -2.23. The molecule has 0 spiro atoms. The molecule has 0 radical (unpaired) electrons. The molecule has 80 valence electrons. The lowest BCUT2D eigenvalue weighted by atomic mass is 9.98. The van der Waals surface area contributed by atoms with E-state index in [0.29, 0.717) is 18.8 Å². The number of ether oxygens (including phenoxy) is 1. The summed E-state index contributed by atoms with van der Waals surface area (Å²) in [5.41, 5.74) is 0. The molecule has 2 aliphatic carbocycles. The molecule has 0 heterocycles. The highest BCUT2D eigenvalue weighted by Crippen LogP contribution is 2.46. The van der Waals surface area contributed by atoms with Gasteiger partial charge in [0.05, 0.1) is 0 Å². The molecular formula is C10H14F2O2. The quantitative estimate of drug-likeness (QED) is 0.645. The van der Waals surface area contributed by atoms with E-state index in [2.05, 4.69) is 0 Å². The summed E-state index contributed by atoms with van der Waals surface area (Å²) in [5.74, 6) is -3.77. The van der Waals surface area contributed by atoms with Crippen molar-refractivity contribution in [1.82, 2.24) is 0 Å². The van der Waals surface area contributed by atoms with Crippen LogP contribution in [0, 0.1) is 11.8 Å². The molecule has 0 aromatic heterocycles. The molecule has 2 rings (SSSR count). The number of hydrogen-bond acceptors (Lipinski definition) is 2. The molecule has 2 nitrogen and oxygen atoms in total. The average molecular weight is 204 g/mol. The lowest BCUT2D eigenvalue weighted by molar-refractivity contribution is -0.177. The maximum absolute atomic E-state index is 12.5. The summed E-state index contributed by atoms with van der Waals surface area (Å²) >= 11 is 0. The van der Waals surface area contributed by atoms with Gasteiger partial charge < -0.3 is 4.74 Å². The Bertz CT molecular complexity index is 247. The second-order valence-electron chi connectivity index (χ2n) is 4.51. The smallest absolute Gasteiger partial charge is 0.376 e. The molecule has 3 unspecified atom stereocenters. The Kier molecular flexibility index (Phi) is 2.24.